The second-order valence-electron chi connectivity index (χ2n) is 6.37. The standard InChI is InChI=1S/C19H23NO2S/c1-12-7-8-16-17(11-23-18(16)9-12)19(21)20-13(2)14-5-4-6-15(10-14)22-3/h4-6,10-13H,7-9H2,1-3H3,(H,20,21)/t12-,13-/m1/s1. The van der Waals surface area contributed by atoms with E-state index >= 15 is 0 Å². The highest BCUT2D eigenvalue weighted by atomic mass is 32.1. The molecule has 0 aliphatic heterocycles. The molecule has 0 radical (unpaired) electrons. The van der Waals surface area contributed by atoms with E-state index in [-0.39, 0.29) is 11.9 Å². The third kappa shape index (κ3) is 3.42. The predicted octanol–water partition coefficient (Wildman–Crippen LogP) is 4.37. The van der Waals surface area contributed by atoms with Crippen molar-refractivity contribution in [3.63, 3.8) is 0 Å². The fourth-order valence-corrected chi connectivity index (χ4v) is 4.38. The zero-order valence-corrected chi connectivity index (χ0v) is 14.7. The normalized spacial score (nSPS) is 18.1. The molecule has 1 aliphatic rings. The summed E-state index contributed by atoms with van der Waals surface area (Å²) >= 11 is 1.73. The number of fused-ring (bicyclic) bond motifs is 1. The van der Waals surface area contributed by atoms with Crippen molar-refractivity contribution in [2.24, 2.45) is 5.92 Å². The first-order valence-electron chi connectivity index (χ1n) is 8.12. The maximum absolute atomic E-state index is 12.7. The van der Waals surface area contributed by atoms with Crippen LogP contribution < -0.4 is 10.1 Å². The summed E-state index contributed by atoms with van der Waals surface area (Å²) < 4.78 is 5.26. The Labute approximate surface area is 141 Å². The summed E-state index contributed by atoms with van der Waals surface area (Å²) in [7, 11) is 1.65. The SMILES string of the molecule is COc1cccc([C@@H](C)NC(=O)c2csc3c2CC[C@@H](C)C3)c1. The van der Waals surface area contributed by atoms with Crippen LogP contribution in [0.2, 0.25) is 0 Å². The first kappa shape index (κ1) is 16.1. The van der Waals surface area contributed by atoms with Gasteiger partial charge in [-0.15, -0.1) is 11.3 Å². The monoisotopic (exact) mass is 329 g/mol. The topological polar surface area (TPSA) is 38.3 Å². The summed E-state index contributed by atoms with van der Waals surface area (Å²) in [5, 5.41) is 5.15. The zero-order valence-electron chi connectivity index (χ0n) is 13.9. The number of hydrogen-bond donors (Lipinski definition) is 1. The second kappa shape index (κ2) is 6.75. The van der Waals surface area contributed by atoms with E-state index in [9.17, 15) is 4.79 Å². The van der Waals surface area contributed by atoms with Crippen LogP contribution in [-0.2, 0) is 12.8 Å². The lowest BCUT2D eigenvalue weighted by Crippen LogP contribution is -2.27. The number of carbonyl (C=O) groups excluding carboxylic acids is 1. The average Bonchev–Trinajstić information content (AvgIpc) is 2.97. The minimum atomic E-state index is -0.0457. The van der Waals surface area contributed by atoms with Crippen molar-refractivity contribution >= 4 is 17.2 Å². The van der Waals surface area contributed by atoms with Gasteiger partial charge in [0.15, 0.2) is 0 Å². The van der Waals surface area contributed by atoms with Gasteiger partial charge in [0.1, 0.15) is 5.75 Å². The van der Waals surface area contributed by atoms with Crippen LogP contribution in [0.5, 0.6) is 5.75 Å². The number of thiophene rings is 1. The molecule has 2 atom stereocenters. The van der Waals surface area contributed by atoms with Gasteiger partial charge < -0.3 is 10.1 Å². The fraction of sp³-hybridized carbons (Fsp3) is 0.421. The number of nitrogens with one attached hydrogen (secondary N) is 1. The van der Waals surface area contributed by atoms with E-state index in [0.29, 0.717) is 0 Å². The molecule has 1 heterocycles. The molecule has 0 saturated heterocycles. The summed E-state index contributed by atoms with van der Waals surface area (Å²) in [5.74, 6) is 1.57. The van der Waals surface area contributed by atoms with Crippen molar-refractivity contribution in [2.75, 3.05) is 7.11 Å². The van der Waals surface area contributed by atoms with Crippen molar-refractivity contribution in [1.82, 2.24) is 5.32 Å². The molecule has 1 aliphatic carbocycles. The number of hydrogen-bond acceptors (Lipinski definition) is 3. The molecule has 122 valence electrons. The second-order valence-corrected chi connectivity index (χ2v) is 7.34. The third-order valence-corrected chi connectivity index (χ3v) is 5.64. The van der Waals surface area contributed by atoms with Gasteiger partial charge in [-0.05, 0) is 55.4 Å². The molecule has 1 N–H and O–H groups in total. The van der Waals surface area contributed by atoms with Crippen LogP contribution in [0, 0.1) is 5.92 Å². The van der Waals surface area contributed by atoms with E-state index in [1.807, 2.05) is 36.6 Å². The van der Waals surface area contributed by atoms with Crippen molar-refractivity contribution in [2.45, 2.75) is 39.2 Å². The van der Waals surface area contributed by atoms with Gasteiger partial charge in [-0.3, -0.25) is 4.79 Å². The molecule has 1 aromatic carbocycles. The van der Waals surface area contributed by atoms with E-state index < -0.39 is 0 Å². The first-order valence-corrected chi connectivity index (χ1v) is 9.00. The highest BCUT2D eigenvalue weighted by Crippen LogP contribution is 2.33. The molecular formula is C19H23NO2S. The maximum atomic E-state index is 12.7. The Bertz CT molecular complexity index is 707. The molecule has 0 bridgehead atoms. The number of ether oxygens (including phenoxy) is 1. The van der Waals surface area contributed by atoms with Crippen LogP contribution in [0.1, 0.15) is 52.7 Å². The summed E-state index contributed by atoms with van der Waals surface area (Å²) in [6.07, 6.45) is 3.31. The van der Waals surface area contributed by atoms with E-state index in [0.717, 1.165) is 35.6 Å². The lowest BCUT2D eigenvalue weighted by Gasteiger charge is -2.20. The van der Waals surface area contributed by atoms with Gasteiger partial charge in [0.2, 0.25) is 0 Å². The Morgan fingerprint density at radius 1 is 1.43 bits per heavy atom. The average molecular weight is 329 g/mol. The van der Waals surface area contributed by atoms with Gasteiger partial charge in [-0.2, -0.15) is 0 Å². The number of benzene rings is 1. The summed E-state index contributed by atoms with van der Waals surface area (Å²) in [4.78, 5) is 14.1. The van der Waals surface area contributed by atoms with Crippen LogP contribution in [0.3, 0.4) is 0 Å². The van der Waals surface area contributed by atoms with E-state index in [2.05, 4.69) is 12.2 Å². The molecule has 1 aromatic heterocycles. The summed E-state index contributed by atoms with van der Waals surface area (Å²) in [6, 6.07) is 7.79. The zero-order chi connectivity index (χ0) is 16.4. The van der Waals surface area contributed by atoms with Gasteiger partial charge >= 0.3 is 0 Å². The molecule has 3 nitrogen and oxygen atoms in total. The van der Waals surface area contributed by atoms with Crippen LogP contribution in [0.15, 0.2) is 29.6 Å². The van der Waals surface area contributed by atoms with Crippen molar-refractivity contribution in [1.29, 1.82) is 0 Å². The number of carbonyl (C=O) groups is 1. The van der Waals surface area contributed by atoms with Crippen molar-refractivity contribution < 1.29 is 9.53 Å². The lowest BCUT2D eigenvalue weighted by molar-refractivity contribution is 0.0939. The lowest BCUT2D eigenvalue weighted by atomic mass is 9.88. The largest absolute Gasteiger partial charge is 0.497 e. The Hall–Kier alpha value is -1.81. The maximum Gasteiger partial charge on any atom is 0.252 e. The highest BCUT2D eigenvalue weighted by Gasteiger charge is 2.24. The summed E-state index contributed by atoms with van der Waals surface area (Å²) in [5.41, 5.74) is 3.19. The van der Waals surface area contributed by atoms with Crippen LogP contribution in [-0.4, -0.2) is 13.0 Å². The van der Waals surface area contributed by atoms with Crippen molar-refractivity contribution in [3.05, 3.63) is 51.2 Å². The Kier molecular flexibility index (Phi) is 4.71. The van der Waals surface area contributed by atoms with Gasteiger partial charge in [0.05, 0.1) is 18.7 Å². The Morgan fingerprint density at radius 3 is 3.04 bits per heavy atom. The minimum absolute atomic E-state index is 0.0346. The van der Waals surface area contributed by atoms with E-state index in [4.69, 9.17) is 4.74 Å². The molecule has 4 heteroatoms. The number of rotatable bonds is 4. The smallest absolute Gasteiger partial charge is 0.252 e. The van der Waals surface area contributed by atoms with Gasteiger partial charge in [0.25, 0.3) is 5.91 Å². The van der Waals surface area contributed by atoms with Gasteiger partial charge in [-0.1, -0.05) is 19.1 Å². The molecule has 23 heavy (non-hydrogen) atoms. The Morgan fingerprint density at radius 2 is 2.26 bits per heavy atom. The van der Waals surface area contributed by atoms with Crippen LogP contribution in [0.25, 0.3) is 0 Å². The molecule has 0 fully saturated rings. The molecule has 1 amide bonds. The molecular weight excluding hydrogens is 306 g/mol. The van der Waals surface area contributed by atoms with Crippen LogP contribution in [0.4, 0.5) is 0 Å². The number of methoxy groups -OCH3 is 1. The first-order chi connectivity index (χ1) is 11.1. The van der Waals surface area contributed by atoms with Crippen LogP contribution >= 0.6 is 11.3 Å². The highest BCUT2D eigenvalue weighted by molar-refractivity contribution is 7.10. The molecule has 0 unspecified atom stereocenters. The van der Waals surface area contributed by atoms with Gasteiger partial charge in [-0.25, -0.2) is 0 Å². The molecule has 2 aromatic rings. The molecule has 0 spiro atoms. The van der Waals surface area contributed by atoms with Crippen molar-refractivity contribution in [3.8, 4) is 5.75 Å². The summed E-state index contributed by atoms with van der Waals surface area (Å²) in [6.45, 7) is 4.29. The van der Waals surface area contributed by atoms with E-state index in [1.165, 1.54) is 16.9 Å². The fourth-order valence-electron chi connectivity index (χ4n) is 3.14. The molecule has 0 saturated carbocycles. The Balaban J connectivity index is 1.74. The van der Waals surface area contributed by atoms with Gasteiger partial charge in [0, 0.05) is 10.3 Å². The molecule has 3 rings (SSSR count). The number of amides is 1. The van der Waals surface area contributed by atoms with E-state index in [1.54, 1.807) is 18.4 Å². The predicted molar refractivity (Wildman–Crippen MR) is 94.4 cm³/mol. The quantitative estimate of drug-likeness (QED) is 0.904. The minimum Gasteiger partial charge on any atom is -0.497 e. The third-order valence-electron chi connectivity index (χ3n) is 4.59.